The molecule has 2 heterocycles. The molecule has 0 bridgehead atoms. The van der Waals surface area contributed by atoms with E-state index in [1.807, 2.05) is 0 Å². The zero-order valence-corrected chi connectivity index (χ0v) is 21.0. The number of nitro groups is 1. The molecule has 0 aliphatic carbocycles. The maximum Gasteiger partial charge on any atom is 0.288 e. The van der Waals surface area contributed by atoms with Gasteiger partial charge < -0.3 is 4.90 Å². The first-order chi connectivity index (χ1) is 17.1. The van der Waals surface area contributed by atoms with Crippen LogP contribution in [0.5, 0.6) is 0 Å². The number of halogens is 2. The number of likely N-dealkylation sites (tertiary alicyclic amines) is 1. The molecular weight excluding hydrogens is 481 g/mol. The molecular formula is C28H27ClFN3O3. The molecule has 2 aliphatic heterocycles. The molecule has 0 unspecified atom stereocenters. The van der Waals surface area contributed by atoms with Gasteiger partial charge in [-0.3, -0.25) is 19.8 Å². The van der Waals surface area contributed by atoms with E-state index in [0.29, 0.717) is 12.2 Å². The third kappa shape index (κ3) is 4.49. The van der Waals surface area contributed by atoms with Gasteiger partial charge in [0.15, 0.2) is 0 Å². The van der Waals surface area contributed by atoms with Crippen LogP contribution in [0, 0.1) is 29.8 Å². The molecule has 186 valence electrons. The molecule has 1 fully saturated rings. The minimum absolute atomic E-state index is 0.0203. The molecule has 8 heteroatoms. The number of nitro benzene ring substituents is 1. The molecule has 1 spiro atoms. The lowest BCUT2D eigenvalue weighted by Crippen LogP contribution is -2.45. The van der Waals surface area contributed by atoms with Gasteiger partial charge in [0.05, 0.1) is 4.92 Å². The molecule has 0 saturated carbocycles. The number of piperidine rings is 1. The third-order valence-corrected chi connectivity index (χ3v) is 7.74. The summed E-state index contributed by atoms with van der Waals surface area (Å²) in [6.07, 6.45) is 1.58. The summed E-state index contributed by atoms with van der Waals surface area (Å²) in [7, 11) is 0. The number of anilines is 1. The average Bonchev–Trinajstić information content (AvgIpc) is 3.13. The van der Waals surface area contributed by atoms with E-state index in [4.69, 9.17) is 11.6 Å². The highest BCUT2D eigenvalue weighted by Gasteiger charge is 2.46. The summed E-state index contributed by atoms with van der Waals surface area (Å²) in [5.74, 6) is -0.681. The second-order valence-corrected chi connectivity index (χ2v) is 10.4. The topological polar surface area (TPSA) is 66.7 Å². The Morgan fingerprint density at radius 2 is 1.75 bits per heavy atom. The van der Waals surface area contributed by atoms with E-state index in [2.05, 4.69) is 36.9 Å². The molecule has 3 aromatic rings. The van der Waals surface area contributed by atoms with E-state index in [-0.39, 0.29) is 33.4 Å². The van der Waals surface area contributed by atoms with Crippen LogP contribution in [0.3, 0.4) is 0 Å². The molecule has 5 rings (SSSR count). The standard InChI is InChI=1S/C28H27ClFN3O3/c1-18-11-19(2)13-20(12-18)16-31-9-7-28(8-10-31)17-32(25-6-4-22(30)15-23(25)28)27(34)21-3-5-24(29)26(14-21)33(35)36/h3-6,11-15H,7-10,16-17H2,1-2H3. The Morgan fingerprint density at radius 1 is 1.06 bits per heavy atom. The number of hydrogen-bond acceptors (Lipinski definition) is 4. The van der Waals surface area contributed by atoms with Crippen LogP contribution in [0.25, 0.3) is 0 Å². The maximum absolute atomic E-state index is 14.4. The average molecular weight is 508 g/mol. The summed E-state index contributed by atoms with van der Waals surface area (Å²) >= 11 is 5.95. The van der Waals surface area contributed by atoms with E-state index in [0.717, 1.165) is 38.0 Å². The SMILES string of the molecule is Cc1cc(C)cc(CN2CCC3(CC2)CN(C(=O)c2ccc(Cl)c([N+](=O)[O-])c2)c2ccc(F)cc23)c1. The number of hydrogen-bond donors (Lipinski definition) is 0. The van der Waals surface area contributed by atoms with Crippen LogP contribution >= 0.6 is 11.6 Å². The van der Waals surface area contributed by atoms with Gasteiger partial charge in [-0.2, -0.15) is 0 Å². The van der Waals surface area contributed by atoms with Gasteiger partial charge in [-0.15, -0.1) is 0 Å². The molecule has 1 saturated heterocycles. The number of carbonyl (C=O) groups is 1. The lowest BCUT2D eigenvalue weighted by molar-refractivity contribution is -0.384. The van der Waals surface area contributed by atoms with Crippen LogP contribution in [-0.2, 0) is 12.0 Å². The first kappa shape index (κ1) is 24.4. The van der Waals surface area contributed by atoms with Crippen molar-refractivity contribution in [2.24, 2.45) is 0 Å². The van der Waals surface area contributed by atoms with Gasteiger partial charge in [0.1, 0.15) is 10.8 Å². The second kappa shape index (κ2) is 9.30. The number of benzene rings is 3. The highest BCUT2D eigenvalue weighted by molar-refractivity contribution is 6.32. The number of aryl methyl sites for hydroxylation is 2. The van der Waals surface area contributed by atoms with Crippen molar-refractivity contribution < 1.29 is 14.1 Å². The first-order valence-corrected chi connectivity index (χ1v) is 12.4. The van der Waals surface area contributed by atoms with Gasteiger partial charge in [0, 0.05) is 35.8 Å². The summed E-state index contributed by atoms with van der Waals surface area (Å²) in [6, 6.07) is 15.2. The van der Waals surface area contributed by atoms with Gasteiger partial charge in [0.2, 0.25) is 0 Å². The first-order valence-electron chi connectivity index (χ1n) is 12.0. The molecule has 6 nitrogen and oxygen atoms in total. The van der Waals surface area contributed by atoms with Crippen molar-refractivity contribution in [3.8, 4) is 0 Å². The minimum Gasteiger partial charge on any atom is -0.307 e. The monoisotopic (exact) mass is 507 g/mol. The van der Waals surface area contributed by atoms with E-state index >= 15 is 0 Å². The van der Waals surface area contributed by atoms with Gasteiger partial charge in [-0.25, -0.2) is 4.39 Å². The van der Waals surface area contributed by atoms with E-state index < -0.39 is 4.92 Å². The van der Waals surface area contributed by atoms with Crippen molar-refractivity contribution in [1.29, 1.82) is 0 Å². The van der Waals surface area contributed by atoms with Crippen molar-refractivity contribution in [3.05, 3.63) is 103 Å². The fraction of sp³-hybridized carbons (Fsp3) is 0.321. The maximum atomic E-state index is 14.4. The van der Waals surface area contributed by atoms with Crippen molar-refractivity contribution >= 4 is 28.9 Å². The van der Waals surface area contributed by atoms with E-state index in [9.17, 15) is 19.3 Å². The molecule has 2 aliphatic rings. The van der Waals surface area contributed by atoms with Crippen LogP contribution in [0.1, 0.15) is 45.5 Å². The Balaban J connectivity index is 1.40. The van der Waals surface area contributed by atoms with E-state index in [1.54, 1.807) is 17.0 Å². The number of nitrogens with zero attached hydrogens (tertiary/aromatic N) is 3. The largest absolute Gasteiger partial charge is 0.307 e. The van der Waals surface area contributed by atoms with Crippen LogP contribution in [0.4, 0.5) is 15.8 Å². The highest BCUT2D eigenvalue weighted by Crippen LogP contribution is 2.48. The quantitative estimate of drug-likeness (QED) is 0.311. The Labute approximate surface area is 214 Å². The Hall–Kier alpha value is -3.29. The summed E-state index contributed by atoms with van der Waals surface area (Å²) in [4.78, 5) is 28.3. The zero-order valence-electron chi connectivity index (χ0n) is 20.3. The summed E-state index contributed by atoms with van der Waals surface area (Å²) in [6.45, 7) is 7.14. The van der Waals surface area contributed by atoms with Crippen molar-refractivity contribution in [2.75, 3.05) is 24.5 Å². The summed E-state index contributed by atoms with van der Waals surface area (Å²) in [5, 5.41) is 11.3. The number of rotatable bonds is 4. The van der Waals surface area contributed by atoms with E-state index in [1.165, 1.54) is 41.0 Å². The lowest BCUT2D eigenvalue weighted by atomic mass is 9.74. The molecule has 0 aromatic heterocycles. The number of fused-ring (bicyclic) bond motifs is 2. The van der Waals surface area contributed by atoms with Crippen LogP contribution < -0.4 is 4.90 Å². The predicted molar refractivity (Wildman–Crippen MR) is 138 cm³/mol. The summed E-state index contributed by atoms with van der Waals surface area (Å²) < 4.78 is 14.4. The normalized spacial score (nSPS) is 16.8. The fourth-order valence-corrected chi connectivity index (χ4v) is 5.94. The number of amides is 1. The van der Waals surface area contributed by atoms with Crippen molar-refractivity contribution in [2.45, 2.75) is 38.6 Å². The van der Waals surface area contributed by atoms with Crippen LogP contribution in [0.15, 0.2) is 54.6 Å². The molecule has 0 radical (unpaired) electrons. The zero-order chi connectivity index (χ0) is 25.6. The molecule has 3 aromatic carbocycles. The lowest BCUT2D eigenvalue weighted by Gasteiger charge is -2.40. The second-order valence-electron chi connectivity index (χ2n) is 10.0. The molecule has 0 N–H and O–H groups in total. The van der Waals surface area contributed by atoms with Gasteiger partial charge >= 0.3 is 0 Å². The Morgan fingerprint density at radius 3 is 2.42 bits per heavy atom. The van der Waals surface area contributed by atoms with Gasteiger partial charge in [-0.1, -0.05) is 40.9 Å². The van der Waals surface area contributed by atoms with Gasteiger partial charge in [0.25, 0.3) is 11.6 Å². The van der Waals surface area contributed by atoms with Gasteiger partial charge in [-0.05, 0) is 81.2 Å². The summed E-state index contributed by atoms with van der Waals surface area (Å²) in [5.41, 5.74) is 4.80. The fourth-order valence-electron chi connectivity index (χ4n) is 5.75. The minimum atomic E-state index is -0.598. The third-order valence-electron chi connectivity index (χ3n) is 7.42. The smallest absolute Gasteiger partial charge is 0.288 e. The molecule has 36 heavy (non-hydrogen) atoms. The van der Waals surface area contributed by atoms with Crippen LogP contribution in [-0.4, -0.2) is 35.4 Å². The predicted octanol–water partition coefficient (Wildman–Crippen LogP) is 6.20. The Kier molecular flexibility index (Phi) is 6.30. The van der Waals surface area contributed by atoms with Crippen molar-refractivity contribution in [1.82, 2.24) is 4.90 Å². The molecule has 0 atom stereocenters. The highest BCUT2D eigenvalue weighted by atomic mass is 35.5. The number of carbonyl (C=O) groups excluding carboxylic acids is 1. The van der Waals surface area contributed by atoms with Crippen molar-refractivity contribution in [3.63, 3.8) is 0 Å². The Bertz CT molecular complexity index is 1350. The van der Waals surface area contributed by atoms with Crippen LogP contribution in [0.2, 0.25) is 5.02 Å². The molecule has 1 amide bonds.